The summed E-state index contributed by atoms with van der Waals surface area (Å²) >= 11 is 6.08. The molecule has 6 heteroatoms. The van der Waals surface area contributed by atoms with Crippen molar-refractivity contribution in [2.45, 2.75) is 25.7 Å². The molecule has 0 radical (unpaired) electrons. The first kappa shape index (κ1) is 18.4. The van der Waals surface area contributed by atoms with Gasteiger partial charge in [-0.1, -0.05) is 48.4 Å². The summed E-state index contributed by atoms with van der Waals surface area (Å²) in [6, 6.07) is 13.8. The molecule has 2 aromatic rings. The van der Waals surface area contributed by atoms with Crippen molar-refractivity contribution < 1.29 is 14.3 Å². The molecule has 1 fully saturated rings. The van der Waals surface area contributed by atoms with E-state index in [2.05, 4.69) is 4.99 Å². The number of amides is 1. The number of carbonyl (C=O) groups excluding carboxylic acids is 2. The van der Waals surface area contributed by atoms with E-state index < -0.39 is 5.97 Å². The van der Waals surface area contributed by atoms with Crippen LogP contribution >= 0.6 is 11.6 Å². The third-order valence-electron chi connectivity index (χ3n) is 4.82. The second-order valence-corrected chi connectivity index (χ2v) is 7.14. The van der Waals surface area contributed by atoms with Gasteiger partial charge in [0.15, 0.2) is 0 Å². The average Bonchev–Trinajstić information content (AvgIpc) is 2.85. The van der Waals surface area contributed by atoms with Crippen LogP contribution in [0.4, 0.5) is 0 Å². The van der Waals surface area contributed by atoms with Crippen LogP contribution in [0.3, 0.4) is 0 Å². The largest absolute Gasteiger partial charge is 0.422 e. The lowest BCUT2D eigenvalue weighted by Gasteiger charge is -2.14. The predicted molar refractivity (Wildman–Crippen MR) is 108 cm³/mol. The molecule has 4 rings (SSSR count). The summed E-state index contributed by atoms with van der Waals surface area (Å²) in [4.78, 5) is 31.5. The molecule has 0 unspecified atom stereocenters. The average molecular weight is 395 g/mol. The monoisotopic (exact) mass is 394 g/mol. The maximum atomic E-state index is 12.7. The Bertz CT molecular complexity index is 997. The van der Waals surface area contributed by atoms with Gasteiger partial charge in [0.1, 0.15) is 17.3 Å². The van der Waals surface area contributed by atoms with Crippen molar-refractivity contribution >= 4 is 35.4 Å². The zero-order valence-electron chi connectivity index (χ0n) is 15.2. The zero-order valence-corrected chi connectivity index (χ0v) is 16.0. The van der Waals surface area contributed by atoms with Crippen LogP contribution in [-0.4, -0.2) is 29.2 Å². The molecule has 5 nitrogen and oxygen atoms in total. The molecular weight excluding hydrogens is 376 g/mol. The first-order valence-electron chi connectivity index (χ1n) is 9.30. The van der Waals surface area contributed by atoms with Crippen LogP contribution in [0.2, 0.25) is 5.02 Å². The Morgan fingerprint density at radius 1 is 1.07 bits per heavy atom. The molecule has 0 aromatic heterocycles. The lowest BCUT2D eigenvalue weighted by Crippen LogP contribution is -2.31. The van der Waals surface area contributed by atoms with Crippen molar-refractivity contribution in [3.05, 3.63) is 70.4 Å². The van der Waals surface area contributed by atoms with E-state index in [1.807, 2.05) is 6.07 Å². The van der Waals surface area contributed by atoms with Gasteiger partial charge in [-0.05, 0) is 37.1 Å². The molecule has 0 spiro atoms. The summed E-state index contributed by atoms with van der Waals surface area (Å²) in [6.07, 6.45) is 5.64. The van der Waals surface area contributed by atoms with Gasteiger partial charge in [-0.3, -0.25) is 9.69 Å². The van der Waals surface area contributed by atoms with E-state index in [-0.39, 0.29) is 11.5 Å². The van der Waals surface area contributed by atoms with Gasteiger partial charge in [0.05, 0.1) is 10.6 Å². The second-order valence-electron chi connectivity index (χ2n) is 6.73. The number of amidine groups is 1. The molecule has 2 aromatic carbocycles. The van der Waals surface area contributed by atoms with Crippen LogP contribution < -0.4 is 4.74 Å². The molecule has 142 valence electrons. The van der Waals surface area contributed by atoms with Gasteiger partial charge >= 0.3 is 5.97 Å². The van der Waals surface area contributed by atoms with E-state index in [4.69, 9.17) is 16.3 Å². The zero-order chi connectivity index (χ0) is 19.5. The van der Waals surface area contributed by atoms with Crippen molar-refractivity contribution in [1.29, 1.82) is 0 Å². The number of rotatable bonds is 3. The van der Waals surface area contributed by atoms with Gasteiger partial charge in [0, 0.05) is 18.5 Å². The molecule has 1 saturated heterocycles. The number of hydrogen-bond acceptors (Lipinski definition) is 4. The minimum absolute atomic E-state index is 0.0934. The Kier molecular flexibility index (Phi) is 5.26. The SMILES string of the molecule is O=C(Oc1ccccc1C=C1N=C2CCCCCN2C1=O)c1ccccc1Cl. The summed E-state index contributed by atoms with van der Waals surface area (Å²) in [6.45, 7) is 0.706. The fourth-order valence-corrected chi connectivity index (χ4v) is 3.58. The molecule has 28 heavy (non-hydrogen) atoms. The summed E-state index contributed by atoms with van der Waals surface area (Å²) in [5.41, 5.74) is 1.28. The Labute approximate surface area is 168 Å². The number of fused-ring (bicyclic) bond motifs is 1. The highest BCUT2D eigenvalue weighted by Gasteiger charge is 2.30. The second kappa shape index (κ2) is 7.98. The lowest BCUT2D eigenvalue weighted by molar-refractivity contribution is -0.122. The van der Waals surface area contributed by atoms with Crippen LogP contribution in [0.25, 0.3) is 6.08 Å². The summed E-state index contributed by atoms with van der Waals surface area (Å²) in [5.74, 6) is 0.549. The summed E-state index contributed by atoms with van der Waals surface area (Å²) in [7, 11) is 0. The van der Waals surface area contributed by atoms with E-state index >= 15 is 0 Å². The third-order valence-corrected chi connectivity index (χ3v) is 5.14. The van der Waals surface area contributed by atoms with E-state index in [1.54, 1.807) is 53.4 Å². The predicted octanol–water partition coefficient (Wildman–Crippen LogP) is 4.71. The quantitative estimate of drug-likeness (QED) is 0.430. The minimum Gasteiger partial charge on any atom is -0.422 e. The molecule has 0 atom stereocenters. The first-order chi connectivity index (χ1) is 13.6. The highest BCUT2D eigenvalue weighted by Crippen LogP contribution is 2.28. The number of ether oxygens (including phenoxy) is 1. The van der Waals surface area contributed by atoms with Crippen molar-refractivity contribution in [1.82, 2.24) is 4.90 Å². The van der Waals surface area contributed by atoms with Crippen molar-refractivity contribution in [3.63, 3.8) is 0 Å². The fraction of sp³-hybridized carbons (Fsp3) is 0.227. The Morgan fingerprint density at radius 3 is 2.71 bits per heavy atom. The number of aliphatic imine (C=N–C) groups is 1. The molecule has 1 amide bonds. The number of para-hydroxylation sites is 1. The smallest absolute Gasteiger partial charge is 0.345 e. The number of nitrogens with zero attached hydrogens (tertiary/aromatic N) is 2. The van der Waals surface area contributed by atoms with Crippen LogP contribution in [-0.2, 0) is 4.79 Å². The number of benzene rings is 2. The van der Waals surface area contributed by atoms with Crippen molar-refractivity contribution in [2.75, 3.05) is 6.54 Å². The molecule has 2 aliphatic rings. The van der Waals surface area contributed by atoms with Gasteiger partial charge < -0.3 is 4.74 Å². The number of halogens is 1. The van der Waals surface area contributed by atoms with Gasteiger partial charge in [-0.15, -0.1) is 0 Å². The summed E-state index contributed by atoms with van der Waals surface area (Å²) < 4.78 is 5.56. The van der Waals surface area contributed by atoms with Crippen LogP contribution in [0.1, 0.15) is 41.6 Å². The maximum absolute atomic E-state index is 12.7. The van der Waals surface area contributed by atoms with Crippen LogP contribution in [0.5, 0.6) is 5.75 Å². The first-order valence-corrected chi connectivity index (χ1v) is 9.68. The standard InChI is InChI=1S/C22H19ClN2O3/c23-17-10-5-4-9-16(17)22(27)28-19-11-6-3-8-15(19)14-18-21(26)25-13-7-1-2-12-20(25)24-18/h3-6,8-11,14H,1-2,7,12-13H2. The maximum Gasteiger partial charge on any atom is 0.345 e. The topological polar surface area (TPSA) is 59.0 Å². The molecular formula is C22H19ClN2O3. The molecule has 0 bridgehead atoms. The fourth-order valence-electron chi connectivity index (χ4n) is 3.37. The van der Waals surface area contributed by atoms with Gasteiger partial charge in [-0.25, -0.2) is 9.79 Å². The molecule has 0 N–H and O–H groups in total. The van der Waals surface area contributed by atoms with Gasteiger partial charge in [0.25, 0.3) is 5.91 Å². The number of esters is 1. The minimum atomic E-state index is -0.547. The molecule has 0 aliphatic carbocycles. The summed E-state index contributed by atoms with van der Waals surface area (Å²) in [5, 5.41) is 0.327. The Balaban J connectivity index is 1.62. The van der Waals surface area contributed by atoms with Gasteiger partial charge in [0.2, 0.25) is 0 Å². The van der Waals surface area contributed by atoms with Crippen LogP contribution in [0, 0.1) is 0 Å². The van der Waals surface area contributed by atoms with E-state index in [1.165, 1.54) is 0 Å². The number of carbonyl (C=O) groups is 2. The van der Waals surface area contributed by atoms with E-state index in [9.17, 15) is 9.59 Å². The molecule has 2 aliphatic heterocycles. The number of hydrogen-bond donors (Lipinski definition) is 0. The van der Waals surface area contributed by atoms with Crippen LogP contribution in [0.15, 0.2) is 59.2 Å². The Morgan fingerprint density at radius 2 is 1.86 bits per heavy atom. The third kappa shape index (κ3) is 3.71. The lowest BCUT2D eigenvalue weighted by atomic mass is 10.1. The van der Waals surface area contributed by atoms with E-state index in [0.29, 0.717) is 28.6 Å². The van der Waals surface area contributed by atoms with E-state index in [0.717, 1.165) is 31.5 Å². The Hall–Kier alpha value is -2.92. The molecule has 2 heterocycles. The van der Waals surface area contributed by atoms with Crippen molar-refractivity contribution in [3.8, 4) is 5.75 Å². The highest BCUT2D eigenvalue weighted by molar-refractivity contribution is 6.33. The normalized spacial score (nSPS) is 17.9. The van der Waals surface area contributed by atoms with Gasteiger partial charge in [-0.2, -0.15) is 0 Å². The van der Waals surface area contributed by atoms with Crippen molar-refractivity contribution in [2.24, 2.45) is 4.99 Å². The highest BCUT2D eigenvalue weighted by atomic mass is 35.5. The molecule has 0 saturated carbocycles.